The highest BCUT2D eigenvalue weighted by molar-refractivity contribution is 5.83. The van der Waals surface area contributed by atoms with E-state index >= 15 is 0 Å². The van der Waals surface area contributed by atoms with E-state index < -0.39 is 5.97 Å². The molecule has 0 spiro atoms. The maximum absolute atomic E-state index is 13.3. The lowest BCUT2D eigenvalue weighted by atomic mass is 9.90. The monoisotopic (exact) mass is 571 g/mol. The number of hydrogen-bond donors (Lipinski definition) is 2. The molecule has 0 unspecified atom stereocenters. The minimum absolute atomic E-state index is 0.0148. The molecule has 1 amide bonds. The molecule has 1 aliphatic carbocycles. The van der Waals surface area contributed by atoms with E-state index in [2.05, 4.69) is 55.3 Å². The van der Waals surface area contributed by atoms with Crippen LogP contribution < -0.4 is 21.1 Å². The van der Waals surface area contributed by atoms with Crippen molar-refractivity contribution < 1.29 is 14.3 Å². The number of fused-ring (bicyclic) bond motifs is 1. The molecule has 5 rings (SSSR count). The molecule has 3 heterocycles. The van der Waals surface area contributed by atoms with Crippen molar-refractivity contribution in [3.8, 4) is 12.3 Å². The average molecular weight is 572 g/mol. The summed E-state index contributed by atoms with van der Waals surface area (Å²) in [5.74, 6) is 2.40. The number of terminal acetylenes is 1. The van der Waals surface area contributed by atoms with Crippen molar-refractivity contribution in [2.24, 2.45) is 0 Å². The van der Waals surface area contributed by atoms with Gasteiger partial charge in [-0.1, -0.05) is 5.92 Å². The number of rotatable bonds is 8. The van der Waals surface area contributed by atoms with Crippen LogP contribution in [0.3, 0.4) is 0 Å². The SMILES string of the molecule is C#Cc1cc(=O)n(C2CCC(NC(=O)CCC(=O)OC)CC2)c2nc(Nc3ccc(N4CCN(C)CC4)cc3)ncc12. The van der Waals surface area contributed by atoms with E-state index in [1.54, 1.807) is 10.8 Å². The standard InChI is InChI=1S/C31H37N7O4/c1-4-21-19-28(40)38(25-11-7-22(8-12-25)33-27(39)13-14-29(41)42-3)30-26(21)20-32-31(35-30)34-23-5-9-24(10-6-23)37-17-15-36(2)16-18-37/h1,5-6,9-10,19-20,22,25H,7-8,11-18H2,2-3H3,(H,33,39)(H,32,34,35). The minimum atomic E-state index is -0.408. The Hall–Kier alpha value is -4.43. The summed E-state index contributed by atoms with van der Waals surface area (Å²) in [7, 11) is 3.45. The summed E-state index contributed by atoms with van der Waals surface area (Å²) in [5, 5.41) is 6.92. The summed E-state index contributed by atoms with van der Waals surface area (Å²) in [4.78, 5) is 50.9. The zero-order valence-corrected chi connectivity index (χ0v) is 24.1. The predicted molar refractivity (Wildman–Crippen MR) is 162 cm³/mol. The fourth-order valence-electron chi connectivity index (χ4n) is 5.70. The molecule has 2 fully saturated rings. The van der Waals surface area contributed by atoms with Crippen molar-refractivity contribution in [1.82, 2.24) is 24.8 Å². The van der Waals surface area contributed by atoms with Gasteiger partial charge in [-0.15, -0.1) is 6.42 Å². The second kappa shape index (κ2) is 13.0. The predicted octanol–water partition coefficient (Wildman–Crippen LogP) is 2.82. The molecule has 0 atom stereocenters. The number of aromatic nitrogens is 3. The van der Waals surface area contributed by atoms with E-state index in [4.69, 9.17) is 11.4 Å². The van der Waals surface area contributed by atoms with Crippen LogP contribution in [-0.4, -0.2) is 77.7 Å². The van der Waals surface area contributed by atoms with Crippen LogP contribution in [0.4, 0.5) is 17.3 Å². The molecule has 2 aromatic heterocycles. The number of amides is 1. The van der Waals surface area contributed by atoms with Crippen LogP contribution in [0.2, 0.25) is 0 Å². The van der Waals surface area contributed by atoms with Crippen LogP contribution in [0.15, 0.2) is 41.3 Å². The van der Waals surface area contributed by atoms with Gasteiger partial charge in [-0.25, -0.2) is 4.98 Å². The third kappa shape index (κ3) is 6.71. The van der Waals surface area contributed by atoms with Gasteiger partial charge in [0.15, 0.2) is 0 Å². The fraction of sp³-hybridized carbons (Fsp3) is 0.452. The first kappa shape index (κ1) is 29.1. The molecular formula is C31H37N7O4. The van der Waals surface area contributed by atoms with Gasteiger partial charge in [0.1, 0.15) is 5.65 Å². The van der Waals surface area contributed by atoms with Gasteiger partial charge in [0, 0.05) is 73.9 Å². The van der Waals surface area contributed by atoms with Gasteiger partial charge in [-0.2, -0.15) is 4.98 Å². The number of nitrogens with one attached hydrogen (secondary N) is 2. The van der Waals surface area contributed by atoms with Crippen molar-refractivity contribution in [2.45, 2.75) is 50.6 Å². The zero-order valence-electron chi connectivity index (χ0n) is 24.1. The van der Waals surface area contributed by atoms with Crippen LogP contribution in [-0.2, 0) is 14.3 Å². The Morgan fingerprint density at radius 1 is 1.07 bits per heavy atom. The third-order valence-corrected chi connectivity index (χ3v) is 8.15. The summed E-state index contributed by atoms with van der Waals surface area (Å²) >= 11 is 0. The zero-order chi connectivity index (χ0) is 29.6. The van der Waals surface area contributed by atoms with Crippen LogP contribution in [0.5, 0.6) is 0 Å². The number of nitrogens with zero attached hydrogens (tertiary/aromatic N) is 5. The maximum Gasteiger partial charge on any atom is 0.306 e. The number of piperazine rings is 1. The van der Waals surface area contributed by atoms with E-state index in [0.717, 1.165) is 31.9 Å². The van der Waals surface area contributed by atoms with E-state index in [-0.39, 0.29) is 36.4 Å². The lowest BCUT2D eigenvalue weighted by Gasteiger charge is -2.34. The number of benzene rings is 1. The van der Waals surface area contributed by atoms with Gasteiger partial charge in [-0.05, 0) is 57.0 Å². The molecule has 11 heteroatoms. The molecular weight excluding hydrogens is 534 g/mol. The Labute approximate surface area is 245 Å². The second-order valence-electron chi connectivity index (χ2n) is 11.0. The molecule has 0 radical (unpaired) electrons. The summed E-state index contributed by atoms with van der Waals surface area (Å²) in [6, 6.07) is 9.55. The molecule has 1 saturated carbocycles. The molecule has 42 heavy (non-hydrogen) atoms. The summed E-state index contributed by atoms with van der Waals surface area (Å²) < 4.78 is 6.32. The molecule has 2 aliphatic rings. The minimum Gasteiger partial charge on any atom is -0.469 e. The molecule has 11 nitrogen and oxygen atoms in total. The Morgan fingerprint density at radius 2 is 1.79 bits per heavy atom. The maximum atomic E-state index is 13.3. The van der Waals surface area contributed by atoms with Crippen molar-refractivity contribution in [3.05, 3.63) is 52.4 Å². The highest BCUT2D eigenvalue weighted by atomic mass is 16.5. The van der Waals surface area contributed by atoms with E-state index in [1.165, 1.54) is 18.9 Å². The molecule has 1 saturated heterocycles. The van der Waals surface area contributed by atoms with Crippen LogP contribution >= 0.6 is 0 Å². The summed E-state index contributed by atoms with van der Waals surface area (Å²) in [6.07, 6.45) is 10.3. The fourth-order valence-corrected chi connectivity index (χ4v) is 5.70. The van der Waals surface area contributed by atoms with Gasteiger partial charge in [0.05, 0.1) is 18.9 Å². The number of carbonyl (C=O) groups is 2. The lowest BCUT2D eigenvalue weighted by Crippen LogP contribution is -2.44. The van der Waals surface area contributed by atoms with E-state index in [0.29, 0.717) is 48.2 Å². The number of ether oxygens (including phenoxy) is 1. The Morgan fingerprint density at radius 3 is 2.45 bits per heavy atom. The number of likely N-dealkylation sites (N-methyl/N-ethyl adjacent to an activating group) is 1. The molecule has 0 bridgehead atoms. The Bertz CT molecular complexity index is 1530. The van der Waals surface area contributed by atoms with Crippen molar-refractivity contribution in [1.29, 1.82) is 0 Å². The van der Waals surface area contributed by atoms with Crippen LogP contribution in [0.25, 0.3) is 11.0 Å². The van der Waals surface area contributed by atoms with Crippen molar-refractivity contribution in [2.75, 3.05) is 50.6 Å². The largest absolute Gasteiger partial charge is 0.469 e. The van der Waals surface area contributed by atoms with Gasteiger partial charge < -0.3 is 25.2 Å². The quantitative estimate of drug-likeness (QED) is 0.311. The van der Waals surface area contributed by atoms with Crippen LogP contribution in [0.1, 0.15) is 50.1 Å². The van der Waals surface area contributed by atoms with E-state index in [1.807, 2.05) is 12.1 Å². The number of pyridine rings is 1. The Kier molecular flexibility index (Phi) is 9.03. The highest BCUT2D eigenvalue weighted by Gasteiger charge is 2.26. The molecule has 2 N–H and O–H groups in total. The first-order valence-electron chi connectivity index (χ1n) is 14.4. The molecule has 1 aliphatic heterocycles. The summed E-state index contributed by atoms with van der Waals surface area (Å²) in [5.41, 5.74) is 2.77. The second-order valence-corrected chi connectivity index (χ2v) is 11.0. The first-order valence-corrected chi connectivity index (χ1v) is 14.4. The lowest BCUT2D eigenvalue weighted by molar-refractivity contribution is -0.142. The summed E-state index contributed by atoms with van der Waals surface area (Å²) in [6.45, 7) is 4.07. The number of carbonyl (C=O) groups excluding carboxylic acids is 2. The smallest absolute Gasteiger partial charge is 0.306 e. The third-order valence-electron chi connectivity index (χ3n) is 8.15. The number of anilines is 3. The number of hydrogen-bond acceptors (Lipinski definition) is 9. The van der Waals surface area contributed by atoms with Gasteiger partial charge in [0.25, 0.3) is 5.56 Å². The molecule has 220 valence electrons. The van der Waals surface area contributed by atoms with Gasteiger partial charge in [0.2, 0.25) is 11.9 Å². The molecule has 3 aromatic rings. The average Bonchev–Trinajstić information content (AvgIpc) is 3.01. The highest BCUT2D eigenvalue weighted by Crippen LogP contribution is 2.31. The van der Waals surface area contributed by atoms with Crippen molar-refractivity contribution >= 4 is 40.2 Å². The Balaban J connectivity index is 1.31. The molecule has 1 aromatic carbocycles. The van der Waals surface area contributed by atoms with Gasteiger partial charge in [-0.3, -0.25) is 19.0 Å². The van der Waals surface area contributed by atoms with Crippen LogP contribution in [0, 0.1) is 12.3 Å². The normalized spacial score (nSPS) is 19.2. The topological polar surface area (TPSA) is 122 Å². The van der Waals surface area contributed by atoms with Gasteiger partial charge >= 0.3 is 5.97 Å². The number of esters is 1. The van der Waals surface area contributed by atoms with Crippen molar-refractivity contribution in [3.63, 3.8) is 0 Å². The first-order chi connectivity index (χ1) is 20.3. The van der Waals surface area contributed by atoms with E-state index in [9.17, 15) is 14.4 Å². The number of methoxy groups -OCH3 is 1.